The second-order valence-corrected chi connectivity index (χ2v) is 7.99. The minimum absolute atomic E-state index is 0.528. The topological polar surface area (TPSA) is 36.1 Å². The number of para-hydroxylation sites is 2. The number of hydrogen-bond donors (Lipinski definition) is 3. The highest BCUT2D eigenvalue weighted by molar-refractivity contribution is 5.60. The quantitative estimate of drug-likeness (QED) is 0.474. The van der Waals surface area contributed by atoms with Crippen molar-refractivity contribution in [2.75, 3.05) is 36.8 Å². The van der Waals surface area contributed by atoms with Crippen LogP contribution in [0.2, 0.25) is 0 Å². The van der Waals surface area contributed by atoms with Gasteiger partial charge in [-0.15, -0.1) is 0 Å². The first-order valence-corrected chi connectivity index (χ1v) is 10.3. The van der Waals surface area contributed by atoms with E-state index in [1.165, 1.54) is 33.6 Å². The van der Waals surface area contributed by atoms with Gasteiger partial charge in [0, 0.05) is 37.6 Å². The Kier molecular flexibility index (Phi) is 8.18. The van der Waals surface area contributed by atoms with Crippen LogP contribution in [0.15, 0.2) is 36.4 Å². The lowest BCUT2D eigenvalue weighted by atomic mass is 9.92. The van der Waals surface area contributed by atoms with Crippen LogP contribution in [0.4, 0.5) is 11.4 Å². The van der Waals surface area contributed by atoms with Gasteiger partial charge < -0.3 is 16.0 Å². The fourth-order valence-electron chi connectivity index (χ4n) is 3.53. The van der Waals surface area contributed by atoms with Gasteiger partial charge in [-0.2, -0.15) is 0 Å². The highest BCUT2D eigenvalue weighted by atomic mass is 15.0. The van der Waals surface area contributed by atoms with Crippen LogP contribution in [0, 0.1) is 13.8 Å². The molecule has 3 N–H and O–H groups in total. The zero-order valence-corrected chi connectivity index (χ0v) is 17.9. The first-order chi connectivity index (χ1) is 12.9. The van der Waals surface area contributed by atoms with Crippen LogP contribution in [0.1, 0.15) is 61.8 Å². The van der Waals surface area contributed by atoms with Gasteiger partial charge in [0.05, 0.1) is 0 Å². The van der Waals surface area contributed by atoms with Crippen LogP contribution in [0.3, 0.4) is 0 Å². The molecule has 0 aliphatic rings. The highest BCUT2D eigenvalue weighted by Crippen LogP contribution is 2.32. The Morgan fingerprint density at radius 2 is 1.07 bits per heavy atom. The molecule has 0 atom stereocenters. The van der Waals surface area contributed by atoms with E-state index >= 15 is 0 Å². The number of anilines is 2. The molecule has 0 spiro atoms. The molecule has 0 aliphatic carbocycles. The number of aryl methyl sites for hydroxylation is 2. The van der Waals surface area contributed by atoms with E-state index in [0.717, 1.165) is 26.2 Å². The summed E-state index contributed by atoms with van der Waals surface area (Å²) in [4.78, 5) is 0. The maximum Gasteiger partial charge on any atom is 0.0410 e. The Balaban J connectivity index is 1.79. The summed E-state index contributed by atoms with van der Waals surface area (Å²) in [5.74, 6) is 1.06. The second-order valence-electron chi connectivity index (χ2n) is 7.99. The maximum atomic E-state index is 3.69. The summed E-state index contributed by atoms with van der Waals surface area (Å²) in [6, 6.07) is 13.1. The van der Waals surface area contributed by atoms with Crippen LogP contribution in [-0.2, 0) is 0 Å². The van der Waals surface area contributed by atoms with Crippen LogP contribution in [-0.4, -0.2) is 26.2 Å². The number of hydrogen-bond acceptors (Lipinski definition) is 3. The molecule has 148 valence electrons. The molecule has 0 heterocycles. The molecular formula is C24H37N3. The predicted octanol–water partition coefficient (Wildman–Crippen LogP) is 5.66. The smallest absolute Gasteiger partial charge is 0.0410 e. The van der Waals surface area contributed by atoms with Crippen molar-refractivity contribution in [1.29, 1.82) is 0 Å². The van der Waals surface area contributed by atoms with E-state index in [1.54, 1.807) is 0 Å². The lowest BCUT2D eigenvalue weighted by Crippen LogP contribution is -2.28. The standard InChI is InChI=1S/C24H37N3/c1-17(2)21-11-8-12-22(18(3)4)24(21)27-16-14-25-13-15-26-23-19(5)9-7-10-20(23)6/h7-12,17-18,25-27H,13-16H2,1-6H3. The van der Waals surface area contributed by atoms with E-state index in [-0.39, 0.29) is 0 Å². The van der Waals surface area contributed by atoms with Crippen molar-refractivity contribution >= 4 is 11.4 Å². The van der Waals surface area contributed by atoms with Crippen LogP contribution < -0.4 is 16.0 Å². The number of nitrogens with one attached hydrogen (secondary N) is 3. The summed E-state index contributed by atoms with van der Waals surface area (Å²) in [7, 11) is 0. The molecule has 3 heteroatoms. The lowest BCUT2D eigenvalue weighted by molar-refractivity contribution is 0.716. The van der Waals surface area contributed by atoms with Gasteiger partial charge in [-0.25, -0.2) is 0 Å². The minimum Gasteiger partial charge on any atom is -0.383 e. The SMILES string of the molecule is Cc1cccc(C)c1NCCNCCNc1c(C(C)C)cccc1C(C)C. The van der Waals surface area contributed by atoms with Gasteiger partial charge >= 0.3 is 0 Å². The Morgan fingerprint density at radius 1 is 0.630 bits per heavy atom. The molecule has 2 rings (SSSR count). The van der Waals surface area contributed by atoms with E-state index in [1.807, 2.05) is 0 Å². The first-order valence-electron chi connectivity index (χ1n) is 10.3. The third-order valence-corrected chi connectivity index (χ3v) is 5.06. The largest absolute Gasteiger partial charge is 0.383 e. The summed E-state index contributed by atoms with van der Waals surface area (Å²) < 4.78 is 0. The maximum absolute atomic E-state index is 3.69. The van der Waals surface area contributed by atoms with Crippen molar-refractivity contribution in [3.05, 3.63) is 58.7 Å². The Morgan fingerprint density at radius 3 is 1.56 bits per heavy atom. The molecule has 0 bridgehead atoms. The van der Waals surface area contributed by atoms with Gasteiger partial charge in [-0.05, 0) is 47.9 Å². The van der Waals surface area contributed by atoms with Crippen LogP contribution in [0.5, 0.6) is 0 Å². The monoisotopic (exact) mass is 367 g/mol. The van der Waals surface area contributed by atoms with Gasteiger partial charge in [0.25, 0.3) is 0 Å². The van der Waals surface area contributed by atoms with Crippen molar-refractivity contribution in [1.82, 2.24) is 5.32 Å². The summed E-state index contributed by atoms with van der Waals surface area (Å²) in [5, 5.41) is 10.8. The molecule has 3 nitrogen and oxygen atoms in total. The van der Waals surface area contributed by atoms with Crippen LogP contribution >= 0.6 is 0 Å². The molecule has 0 aliphatic heterocycles. The van der Waals surface area contributed by atoms with Crippen molar-refractivity contribution < 1.29 is 0 Å². The van der Waals surface area contributed by atoms with E-state index < -0.39 is 0 Å². The third-order valence-electron chi connectivity index (χ3n) is 5.06. The Labute approximate surface area is 166 Å². The van der Waals surface area contributed by atoms with Crippen LogP contribution in [0.25, 0.3) is 0 Å². The van der Waals surface area contributed by atoms with Crippen molar-refractivity contribution in [3.8, 4) is 0 Å². The first kappa shape index (κ1) is 21.3. The van der Waals surface area contributed by atoms with Gasteiger partial charge in [0.2, 0.25) is 0 Å². The summed E-state index contributed by atoms with van der Waals surface area (Å²) in [6.45, 7) is 17.2. The zero-order valence-electron chi connectivity index (χ0n) is 17.9. The highest BCUT2D eigenvalue weighted by Gasteiger charge is 2.12. The Hall–Kier alpha value is -2.00. The number of rotatable bonds is 10. The van der Waals surface area contributed by atoms with Gasteiger partial charge in [0.15, 0.2) is 0 Å². The van der Waals surface area contributed by atoms with E-state index in [9.17, 15) is 0 Å². The Bertz CT molecular complexity index is 673. The van der Waals surface area contributed by atoms with Crippen molar-refractivity contribution in [2.24, 2.45) is 0 Å². The minimum atomic E-state index is 0.528. The van der Waals surface area contributed by atoms with Gasteiger partial charge in [-0.3, -0.25) is 0 Å². The molecule has 0 radical (unpaired) electrons. The molecule has 2 aromatic rings. The third kappa shape index (κ3) is 6.00. The average Bonchev–Trinajstić information content (AvgIpc) is 2.62. The van der Waals surface area contributed by atoms with Crippen molar-refractivity contribution in [2.45, 2.75) is 53.4 Å². The number of benzene rings is 2. The van der Waals surface area contributed by atoms with Crippen molar-refractivity contribution in [3.63, 3.8) is 0 Å². The molecule has 2 aromatic carbocycles. The van der Waals surface area contributed by atoms with Gasteiger partial charge in [0.1, 0.15) is 0 Å². The van der Waals surface area contributed by atoms with E-state index in [0.29, 0.717) is 11.8 Å². The molecule has 27 heavy (non-hydrogen) atoms. The summed E-state index contributed by atoms with van der Waals surface area (Å²) in [5.41, 5.74) is 8.05. The fourth-order valence-corrected chi connectivity index (χ4v) is 3.53. The lowest BCUT2D eigenvalue weighted by Gasteiger charge is -2.21. The molecule has 0 aromatic heterocycles. The zero-order chi connectivity index (χ0) is 19.8. The van der Waals surface area contributed by atoms with E-state index in [4.69, 9.17) is 0 Å². The molecular weight excluding hydrogens is 330 g/mol. The molecule has 0 fully saturated rings. The predicted molar refractivity (Wildman–Crippen MR) is 120 cm³/mol. The average molecular weight is 368 g/mol. The molecule has 0 saturated heterocycles. The molecule has 0 amide bonds. The summed E-state index contributed by atoms with van der Waals surface area (Å²) >= 11 is 0. The normalized spacial score (nSPS) is 11.3. The summed E-state index contributed by atoms with van der Waals surface area (Å²) in [6.07, 6.45) is 0. The molecule has 0 saturated carbocycles. The second kappa shape index (κ2) is 10.4. The van der Waals surface area contributed by atoms with Gasteiger partial charge in [-0.1, -0.05) is 64.1 Å². The molecule has 0 unspecified atom stereocenters. The van der Waals surface area contributed by atoms with E-state index in [2.05, 4.69) is 93.9 Å². The fraction of sp³-hybridized carbons (Fsp3) is 0.500.